The monoisotopic (exact) mass is 284 g/mol. The number of nitrogens with zero attached hydrogens (tertiary/aromatic N) is 2. The Hall–Kier alpha value is -0.610. The molecule has 0 saturated carbocycles. The van der Waals surface area contributed by atoms with Gasteiger partial charge in [0.2, 0.25) is 0 Å². The van der Waals surface area contributed by atoms with Crippen LogP contribution in [-0.4, -0.2) is 9.78 Å². The van der Waals surface area contributed by atoms with Crippen molar-refractivity contribution in [3.63, 3.8) is 0 Å². The van der Waals surface area contributed by atoms with E-state index >= 15 is 0 Å². The smallest absolute Gasteiger partial charge is 0.0766 e. The lowest BCUT2D eigenvalue weighted by Crippen LogP contribution is -2.03. The molecule has 0 atom stereocenters. The van der Waals surface area contributed by atoms with Crippen LogP contribution in [0, 0.1) is 20.8 Å². The van der Waals surface area contributed by atoms with Gasteiger partial charge in [0.05, 0.1) is 12.2 Å². The first-order chi connectivity index (χ1) is 7.09. The maximum Gasteiger partial charge on any atom is 0.0766 e. The number of thiophene rings is 1. The molecule has 0 unspecified atom stereocenters. The summed E-state index contributed by atoms with van der Waals surface area (Å²) in [5.74, 6) is 0. The van der Waals surface area contributed by atoms with Crippen LogP contribution in [0.25, 0.3) is 0 Å². The first-order valence-electron chi connectivity index (χ1n) is 4.82. The van der Waals surface area contributed by atoms with Gasteiger partial charge < -0.3 is 0 Å². The summed E-state index contributed by atoms with van der Waals surface area (Å²) in [7, 11) is 0. The highest BCUT2D eigenvalue weighted by Crippen LogP contribution is 2.24. The minimum absolute atomic E-state index is 0.860. The quantitative estimate of drug-likeness (QED) is 0.823. The van der Waals surface area contributed by atoms with Crippen LogP contribution >= 0.6 is 27.3 Å². The van der Waals surface area contributed by atoms with Crippen LogP contribution < -0.4 is 0 Å². The number of hydrogen-bond donors (Lipinski definition) is 0. The molecule has 2 aromatic rings. The lowest BCUT2D eigenvalue weighted by atomic mass is 10.2. The largest absolute Gasteiger partial charge is 0.264 e. The van der Waals surface area contributed by atoms with Crippen LogP contribution in [0.5, 0.6) is 0 Å². The molecule has 0 aliphatic rings. The third-order valence-electron chi connectivity index (χ3n) is 2.73. The van der Waals surface area contributed by atoms with Gasteiger partial charge in [-0.3, -0.25) is 4.68 Å². The van der Waals surface area contributed by atoms with Crippen LogP contribution in [-0.2, 0) is 6.54 Å². The van der Waals surface area contributed by atoms with Crippen molar-refractivity contribution >= 4 is 27.3 Å². The van der Waals surface area contributed by atoms with Crippen molar-refractivity contribution in [3.05, 3.63) is 37.7 Å². The van der Waals surface area contributed by atoms with E-state index in [0.717, 1.165) is 12.2 Å². The van der Waals surface area contributed by atoms with Gasteiger partial charge in [0, 0.05) is 15.0 Å². The zero-order valence-electron chi connectivity index (χ0n) is 9.04. The Morgan fingerprint density at radius 2 is 2.13 bits per heavy atom. The van der Waals surface area contributed by atoms with Gasteiger partial charge in [0.15, 0.2) is 0 Å². The van der Waals surface area contributed by atoms with E-state index in [4.69, 9.17) is 0 Å². The van der Waals surface area contributed by atoms with E-state index < -0.39 is 0 Å². The van der Waals surface area contributed by atoms with E-state index in [1.165, 1.54) is 20.6 Å². The van der Waals surface area contributed by atoms with Crippen molar-refractivity contribution in [2.75, 3.05) is 0 Å². The Morgan fingerprint density at radius 1 is 1.40 bits per heavy atom. The zero-order valence-corrected chi connectivity index (χ0v) is 11.4. The van der Waals surface area contributed by atoms with Crippen LogP contribution in [0.15, 0.2) is 15.9 Å². The van der Waals surface area contributed by atoms with Crippen LogP contribution in [0.2, 0.25) is 0 Å². The maximum atomic E-state index is 4.53. The molecule has 0 aliphatic heterocycles. The molecule has 2 heterocycles. The van der Waals surface area contributed by atoms with Crippen molar-refractivity contribution in [2.24, 2.45) is 0 Å². The summed E-state index contributed by atoms with van der Waals surface area (Å²) in [6.45, 7) is 7.16. The molecular formula is C11H13BrN2S. The summed E-state index contributed by atoms with van der Waals surface area (Å²) in [5.41, 5.74) is 3.68. The summed E-state index contributed by atoms with van der Waals surface area (Å²) < 4.78 is 3.25. The number of rotatable bonds is 2. The minimum Gasteiger partial charge on any atom is -0.264 e. The first-order valence-corrected chi connectivity index (χ1v) is 6.49. The number of halogens is 1. The molecule has 15 heavy (non-hydrogen) atoms. The highest BCUT2D eigenvalue weighted by molar-refractivity contribution is 9.10. The lowest BCUT2D eigenvalue weighted by molar-refractivity contribution is 0.664. The van der Waals surface area contributed by atoms with Gasteiger partial charge >= 0.3 is 0 Å². The molecule has 0 bridgehead atoms. The molecule has 80 valence electrons. The average Bonchev–Trinajstić information content (AvgIpc) is 2.69. The Bertz CT molecular complexity index is 485. The van der Waals surface area contributed by atoms with Crippen molar-refractivity contribution in [2.45, 2.75) is 27.3 Å². The predicted octanol–water partition coefficient (Wildman–Crippen LogP) is 3.68. The fourth-order valence-electron chi connectivity index (χ4n) is 1.51. The highest BCUT2D eigenvalue weighted by Gasteiger charge is 2.09. The standard InChI is InChI=1S/C11H13BrN2S/c1-7-8(2)13-14(9(7)3)6-11-10(12)4-5-15-11/h4-5H,6H2,1-3H3. The van der Waals surface area contributed by atoms with E-state index in [0.29, 0.717) is 0 Å². The van der Waals surface area contributed by atoms with Crippen molar-refractivity contribution in [1.29, 1.82) is 0 Å². The second kappa shape index (κ2) is 4.10. The fraction of sp³-hybridized carbons (Fsp3) is 0.364. The first kappa shape index (κ1) is 10.9. The molecule has 0 radical (unpaired) electrons. The summed E-state index contributed by atoms with van der Waals surface area (Å²) in [4.78, 5) is 1.32. The van der Waals surface area contributed by atoms with Gasteiger partial charge in [-0.2, -0.15) is 5.10 Å². The molecular weight excluding hydrogens is 272 g/mol. The predicted molar refractivity (Wildman–Crippen MR) is 67.6 cm³/mol. The van der Waals surface area contributed by atoms with Crippen LogP contribution in [0.4, 0.5) is 0 Å². The van der Waals surface area contributed by atoms with E-state index in [-0.39, 0.29) is 0 Å². The van der Waals surface area contributed by atoms with Crippen molar-refractivity contribution < 1.29 is 0 Å². The van der Waals surface area contributed by atoms with Crippen molar-refractivity contribution in [3.8, 4) is 0 Å². The van der Waals surface area contributed by atoms with Gasteiger partial charge in [0.25, 0.3) is 0 Å². The minimum atomic E-state index is 0.860. The molecule has 0 fully saturated rings. The Kier molecular flexibility index (Phi) is 2.98. The van der Waals surface area contributed by atoms with Crippen molar-refractivity contribution in [1.82, 2.24) is 9.78 Å². The molecule has 0 N–H and O–H groups in total. The average molecular weight is 285 g/mol. The van der Waals surface area contributed by atoms with E-state index in [1.54, 1.807) is 11.3 Å². The van der Waals surface area contributed by atoms with Gasteiger partial charge in [-0.1, -0.05) is 0 Å². The third kappa shape index (κ3) is 2.01. The number of aryl methyl sites for hydroxylation is 1. The fourth-order valence-corrected chi connectivity index (χ4v) is 2.97. The summed E-state index contributed by atoms with van der Waals surface area (Å²) in [5, 5.41) is 6.62. The second-order valence-corrected chi connectivity index (χ2v) is 5.50. The SMILES string of the molecule is Cc1nn(Cc2sccc2Br)c(C)c1C. The normalized spacial score (nSPS) is 10.9. The molecule has 4 heteroatoms. The Morgan fingerprint density at radius 3 is 2.60 bits per heavy atom. The van der Waals surface area contributed by atoms with E-state index in [1.807, 2.05) is 0 Å². The molecule has 0 amide bonds. The molecule has 0 saturated heterocycles. The van der Waals surface area contributed by atoms with Gasteiger partial charge in [-0.25, -0.2) is 0 Å². The maximum absolute atomic E-state index is 4.53. The Labute approximate surface area is 102 Å². The molecule has 0 spiro atoms. The molecule has 0 aromatic carbocycles. The molecule has 0 aliphatic carbocycles. The molecule has 2 aromatic heterocycles. The van der Waals surface area contributed by atoms with E-state index in [9.17, 15) is 0 Å². The third-order valence-corrected chi connectivity index (χ3v) is 4.64. The highest BCUT2D eigenvalue weighted by atomic mass is 79.9. The zero-order chi connectivity index (χ0) is 11.0. The van der Waals surface area contributed by atoms with Crippen LogP contribution in [0.1, 0.15) is 21.8 Å². The number of hydrogen-bond acceptors (Lipinski definition) is 2. The summed E-state index contributed by atoms with van der Waals surface area (Å²) in [6, 6.07) is 2.08. The topological polar surface area (TPSA) is 17.8 Å². The van der Waals surface area contributed by atoms with Gasteiger partial charge in [-0.05, 0) is 53.7 Å². The Balaban J connectivity index is 2.33. The van der Waals surface area contributed by atoms with Crippen LogP contribution in [0.3, 0.4) is 0 Å². The van der Waals surface area contributed by atoms with E-state index in [2.05, 4.69) is 57.9 Å². The molecule has 2 rings (SSSR count). The summed E-state index contributed by atoms with van der Waals surface area (Å²) >= 11 is 5.30. The van der Waals surface area contributed by atoms with Gasteiger partial charge in [-0.15, -0.1) is 11.3 Å². The van der Waals surface area contributed by atoms with Gasteiger partial charge in [0.1, 0.15) is 0 Å². The lowest BCUT2D eigenvalue weighted by Gasteiger charge is -2.03. The number of aromatic nitrogens is 2. The molecule has 2 nitrogen and oxygen atoms in total. The second-order valence-electron chi connectivity index (χ2n) is 3.65. The summed E-state index contributed by atoms with van der Waals surface area (Å²) in [6.07, 6.45) is 0.